The molecule has 3 N–H and O–H groups in total. The number of fused-ring (bicyclic) bond motifs is 1. The van der Waals surface area contributed by atoms with Crippen LogP contribution >= 0.6 is 12.4 Å². The van der Waals surface area contributed by atoms with E-state index in [-0.39, 0.29) is 41.9 Å². The molecule has 1 aliphatic carbocycles. The summed E-state index contributed by atoms with van der Waals surface area (Å²) in [6.45, 7) is 9.44. The number of pyridine rings is 1. The number of rotatable bonds is 7. The van der Waals surface area contributed by atoms with Gasteiger partial charge in [0, 0.05) is 56.6 Å². The van der Waals surface area contributed by atoms with Gasteiger partial charge in [0.15, 0.2) is 17.4 Å². The van der Waals surface area contributed by atoms with Crippen LogP contribution in [0.3, 0.4) is 0 Å². The lowest BCUT2D eigenvalue weighted by atomic mass is 9.90. The van der Waals surface area contributed by atoms with Crippen molar-refractivity contribution in [1.82, 2.24) is 24.8 Å². The molecule has 0 atom stereocenters. The molecule has 1 saturated heterocycles. The van der Waals surface area contributed by atoms with E-state index in [1.807, 2.05) is 18.3 Å². The highest BCUT2D eigenvalue weighted by Crippen LogP contribution is 2.41. The van der Waals surface area contributed by atoms with Crippen LogP contribution < -0.4 is 20.7 Å². The number of anilines is 3. The van der Waals surface area contributed by atoms with Crippen LogP contribution in [0.15, 0.2) is 36.7 Å². The number of hydrogen-bond donors (Lipinski definition) is 2. The van der Waals surface area contributed by atoms with E-state index < -0.39 is 11.6 Å². The quantitative estimate of drug-likeness (QED) is 0.404. The Morgan fingerprint density at radius 3 is 2.43 bits per heavy atom. The molecule has 42 heavy (non-hydrogen) atoms. The molecule has 2 aromatic heterocycles. The van der Waals surface area contributed by atoms with Gasteiger partial charge in [-0.1, -0.05) is 13.0 Å². The summed E-state index contributed by atoms with van der Waals surface area (Å²) >= 11 is 0. The van der Waals surface area contributed by atoms with E-state index in [0.717, 1.165) is 76.7 Å². The van der Waals surface area contributed by atoms with Crippen molar-refractivity contribution in [2.75, 3.05) is 56.1 Å². The van der Waals surface area contributed by atoms with Crippen molar-refractivity contribution in [2.45, 2.75) is 51.2 Å². The van der Waals surface area contributed by atoms with Gasteiger partial charge in [-0.2, -0.15) is 0 Å². The van der Waals surface area contributed by atoms with Crippen LogP contribution in [0.5, 0.6) is 5.75 Å². The summed E-state index contributed by atoms with van der Waals surface area (Å²) < 4.78 is 36.0. The molecular formula is C30H39ClF2N8O. The fourth-order valence-electron chi connectivity index (χ4n) is 6.09. The summed E-state index contributed by atoms with van der Waals surface area (Å²) in [5.74, 6) is -0.221. The zero-order valence-electron chi connectivity index (χ0n) is 23.9. The van der Waals surface area contributed by atoms with Crippen molar-refractivity contribution in [2.24, 2.45) is 5.73 Å². The lowest BCUT2D eigenvalue weighted by Crippen LogP contribution is -2.45. The summed E-state index contributed by atoms with van der Waals surface area (Å²) in [5.41, 5.74) is 8.22. The number of likely N-dealkylation sites (N-methyl/N-ethyl adjacent to an activating group) is 1. The van der Waals surface area contributed by atoms with Gasteiger partial charge in [-0.3, -0.25) is 4.90 Å². The van der Waals surface area contributed by atoms with Crippen molar-refractivity contribution >= 4 is 29.9 Å². The first-order valence-corrected chi connectivity index (χ1v) is 14.6. The Bertz CT molecular complexity index is 1350. The summed E-state index contributed by atoms with van der Waals surface area (Å²) in [6, 6.07) is 7.40. The van der Waals surface area contributed by atoms with Crippen LogP contribution in [0.1, 0.15) is 38.2 Å². The number of halogens is 3. The van der Waals surface area contributed by atoms with Gasteiger partial charge in [-0.15, -0.1) is 12.4 Å². The number of nitrogens with zero attached hydrogens (tertiary/aromatic N) is 6. The third-order valence-electron chi connectivity index (χ3n) is 8.49. The van der Waals surface area contributed by atoms with Gasteiger partial charge in [0.2, 0.25) is 5.95 Å². The van der Waals surface area contributed by atoms with Crippen LogP contribution in [0.2, 0.25) is 0 Å². The minimum Gasteiger partial charge on any atom is -0.486 e. The molecule has 6 rings (SSSR count). The SMILES string of the molecule is CCN1CCN(Cc2ccc(Nc3ncc(F)c(-c4cc(F)c5c(c4)N(C4CCC(N)CC4)CCO5)n3)nc2)CC1.Cl. The Labute approximate surface area is 251 Å². The number of nitrogens with two attached hydrogens (primary N) is 1. The normalized spacial score (nSPS) is 21.3. The molecule has 0 unspecified atom stereocenters. The molecule has 9 nitrogen and oxygen atoms in total. The van der Waals surface area contributed by atoms with Gasteiger partial charge in [-0.05, 0) is 56.0 Å². The van der Waals surface area contributed by atoms with E-state index >= 15 is 8.78 Å². The van der Waals surface area contributed by atoms with Crippen LogP contribution in [0.4, 0.5) is 26.2 Å². The minimum atomic E-state index is -0.631. The predicted molar refractivity (Wildman–Crippen MR) is 163 cm³/mol. The van der Waals surface area contributed by atoms with Crippen molar-refractivity contribution in [3.8, 4) is 17.0 Å². The van der Waals surface area contributed by atoms with E-state index in [2.05, 4.69) is 41.9 Å². The molecule has 12 heteroatoms. The molecule has 0 radical (unpaired) electrons. The molecule has 0 amide bonds. The molecule has 0 bridgehead atoms. The van der Waals surface area contributed by atoms with Crippen LogP contribution in [0, 0.1) is 11.6 Å². The Morgan fingerprint density at radius 2 is 1.71 bits per heavy atom. The first kappa shape index (κ1) is 30.3. The predicted octanol–water partition coefficient (Wildman–Crippen LogP) is 4.59. The maximum absolute atomic E-state index is 15.3. The molecule has 1 saturated carbocycles. The number of aromatic nitrogens is 3. The lowest BCUT2D eigenvalue weighted by Gasteiger charge is -2.40. The highest BCUT2D eigenvalue weighted by atomic mass is 35.5. The van der Waals surface area contributed by atoms with Gasteiger partial charge in [0.05, 0.1) is 18.4 Å². The van der Waals surface area contributed by atoms with Gasteiger partial charge in [-0.25, -0.2) is 23.7 Å². The van der Waals surface area contributed by atoms with Crippen molar-refractivity contribution in [3.63, 3.8) is 0 Å². The molecule has 4 heterocycles. The third-order valence-corrected chi connectivity index (χ3v) is 8.49. The summed E-state index contributed by atoms with van der Waals surface area (Å²) in [5, 5.41) is 3.07. The first-order chi connectivity index (χ1) is 20.0. The number of piperazine rings is 1. The molecule has 3 aliphatic rings. The standard InChI is InChI=1S/C30H38F2N8O.ClH/c1-2-38-9-11-39(12-10-38)19-20-3-8-27(34-17-20)36-30-35-18-25(32)28(37-30)21-15-24(31)29-26(16-21)40(13-14-41-29)23-6-4-22(33)5-7-23;/h3,8,15-18,22-23H,2,4-7,9-14,19,33H2,1H3,(H,34,35,36,37);1H. The van der Waals surface area contributed by atoms with E-state index in [1.54, 1.807) is 6.07 Å². The van der Waals surface area contributed by atoms with Gasteiger partial charge < -0.3 is 25.6 Å². The first-order valence-electron chi connectivity index (χ1n) is 14.6. The number of hydrogen-bond acceptors (Lipinski definition) is 9. The maximum Gasteiger partial charge on any atom is 0.229 e. The number of nitrogens with one attached hydrogen (secondary N) is 1. The highest BCUT2D eigenvalue weighted by molar-refractivity contribution is 5.85. The topological polar surface area (TPSA) is 95.7 Å². The fraction of sp³-hybridized carbons (Fsp3) is 0.500. The fourth-order valence-corrected chi connectivity index (χ4v) is 6.09. The number of ether oxygens (including phenoxy) is 1. The lowest BCUT2D eigenvalue weighted by molar-refractivity contribution is 0.132. The maximum atomic E-state index is 15.3. The van der Waals surface area contributed by atoms with Crippen LogP contribution in [-0.2, 0) is 6.54 Å². The Morgan fingerprint density at radius 1 is 0.952 bits per heavy atom. The van der Waals surface area contributed by atoms with Gasteiger partial charge >= 0.3 is 0 Å². The molecule has 0 spiro atoms. The molecule has 1 aromatic carbocycles. The smallest absolute Gasteiger partial charge is 0.229 e. The van der Waals surface area contributed by atoms with Crippen molar-refractivity contribution in [1.29, 1.82) is 0 Å². The monoisotopic (exact) mass is 600 g/mol. The third kappa shape index (κ3) is 6.75. The van der Waals surface area contributed by atoms with E-state index in [0.29, 0.717) is 30.2 Å². The zero-order valence-corrected chi connectivity index (χ0v) is 24.8. The van der Waals surface area contributed by atoms with E-state index in [4.69, 9.17) is 10.5 Å². The largest absolute Gasteiger partial charge is 0.486 e. The summed E-state index contributed by atoms with van der Waals surface area (Å²) in [4.78, 5) is 20.1. The van der Waals surface area contributed by atoms with Crippen LogP contribution in [-0.4, -0.2) is 82.7 Å². The van der Waals surface area contributed by atoms with Crippen LogP contribution in [0.25, 0.3) is 11.3 Å². The average Bonchev–Trinajstić information content (AvgIpc) is 3.00. The molecule has 3 aromatic rings. The van der Waals surface area contributed by atoms with Gasteiger partial charge in [0.25, 0.3) is 0 Å². The molecule has 2 fully saturated rings. The summed E-state index contributed by atoms with van der Waals surface area (Å²) in [6.07, 6.45) is 6.67. The van der Waals surface area contributed by atoms with Gasteiger partial charge in [0.1, 0.15) is 18.1 Å². The Hall–Kier alpha value is -3.12. The minimum absolute atomic E-state index is 0. The highest BCUT2D eigenvalue weighted by Gasteiger charge is 2.31. The Kier molecular flexibility index (Phi) is 9.72. The molecule has 2 aliphatic heterocycles. The van der Waals surface area contributed by atoms with Crippen molar-refractivity contribution < 1.29 is 13.5 Å². The Balaban J connectivity index is 0.00000353. The second kappa shape index (κ2) is 13.5. The number of benzene rings is 1. The van der Waals surface area contributed by atoms with E-state index in [9.17, 15) is 0 Å². The molecular weight excluding hydrogens is 562 g/mol. The van der Waals surface area contributed by atoms with E-state index in [1.165, 1.54) is 6.07 Å². The summed E-state index contributed by atoms with van der Waals surface area (Å²) in [7, 11) is 0. The van der Waals surface area contributed by atoms with Crippen molar-refractivity contribution in [3.05, 3.63) is 53.9 Å². The zero-order chi connectivity index (χ0) is 28.3. The second-order valence-corrected chi connectivity index (χ2v) is 11.2. The average molecular weight is 601 g/mol. The molecule has 226 valence electrons. The second-order valence-electron chi connectivity index (χ2n) is 11.2.